The van der Waals surface area contributed by atoms with Crippen molar-refractivity contribution >= 4 is 5.91 Å². The lowest BCUT2D eigenvalue weighted by Crippen LogP contribution is -2.35. The van der Waals surface area contributed by atoms with Crippen LogP contribution in [0.25, 0.3) is 0 Å². The Balaban J connectivity index is 1.93. The van der Waals surface area contributed by atoms with Crippen molar-refractivity contribution in [3.8, 4) is 34.5 Å². The molecule has 40 heavy (non-hydrogen) atoms. The number of benzene rings is 2. The van der Waals surface area contributed by atoms with Gasteiger partial charge in [0.15, 0.2) is 28.8 Å². The summed E-state index contributed by atoms with van der Waals surface area (Å²) >= 11 is 0. The number of ether oxygens (including phenoxy) is 4. The van der Waals surface area contributed by atoms with Crippen molar-refractivity contribution in [2.75, 3.05) is 49.1 Å². The molecule has 3 N–H and O–H groups in total. The number of aromatic hydroxyl groups is 2. The number of nitrogens with one attached hydrogen (secondary N) is 1. The topological polar surface area (TPSA) is 140 Å². The molecule has 1 aromatic heterocycles. The number of phenolic OH excluding ortho intramolecular Hbond substituents is 1. The van der Waals surface area contributed by atoms with Crippen LogP contribution in [-0.4, -0.2) is 70.1 Å². The van der Waals surface area contributed by atoms with Crippen LogP contribution in [0.1, 0.15) is 41.0 Å². The molecule has 11 nitrogen and oxygen atoms in total. The molecular weight excluding hydrogens is 520 g/mol. The molecule has 0 radical (unpaired) electrons. The van der Waals surface area contributed by atoms with Crippen molar-refractivity contribution in [1.82, 2.24) is 10.2 Å². The van der Waals surface area contributed by atoms with Crippen molar-refractivity contribution in [2.45, 2.75) is 25.3 Å². The number of carbonyl (C=O) groups excluding carboxylic acids is 1. The number of phenols is 1. The molecule has 0 aliphatic heterocycles. The minimum absolute atomic E-state index is 0.0540. The number of likely N-dealkylation sites (N-methyl/N-ethyl adjacent to an activating group) is 1. The van der Waals surface area contributed by atoms with Crippen LogP contribution < -0.4 is 29.7 Å². The summed E-state index contributed by atoms with van der Waals surface area (Å²) in [5.41, 5.74) is 0.703. The van der Waals surface area contributed by atoms with Crippen LogP contribution in [0.4, 0.5) is 0 Å². The smallest absolute Gasteiger partial charge is 0.227 e. The van der Waals surface area contributed by atoms with Gasteiger partial charge < -0.3 is 43.8 Å². The van der Waals surface area contributed by atoms with Crippen LogP contribution in [0.3, 0.4) is 0 Å². The summed E-state index contributed by atoms with van der Waals surface area (Å²) in [6.07, 6.45) is -0.163. The first-order valence-corrected chi connectivity index (χ1v) is 12.5. The number of amides is 1. The highest BCUT2D eigenvalue weighted by atomic mass is 16.5. The Morgan fingerprint density at radius 2 is 1.52 bits per heavy atom. The lowest BCUT2D eigenvalue weighted by atomic mass is 9.91. The fraction of sp³-hybridized carbons (Fsp3) is 0.379. The Morgan fingerprint density at radius 3 is 2.08 bits per heavy atom. The molecule has 0 saturated heterocycles. The molecule has 1 amide bonds. The largest absolute Gasteiger partial charge is 0.504 e. The molecule has 0 saturated carbocycles. The van der Waals surface area contributed by atoms with E-state index in [0.717, 1.165) is 5.56 Å². The maximum Gasteiger partial charge on any atom is 0.227 e. The van der Waals surface area contributed by atoms with Gasteiger partial charge in [0.1, 0.15) is 5.76 Å². The Labute approximate surface area is 232 Å². The summed E-state index contributed by atoms with van der Waals surface area (Å²) in [6.45, 7) is 1.80. The second-order valence-corrected chi connectivity index (χ2v) is 9.36. The van der Waals surface area contributed by atoms with Crippen molar-refractivity contribution in [3.63, 3.8) is 0 Å². The predicted molar refractivity (Wildman–Crippen MR) is 148 cm³/mol. The van der Waals surface area contributed by atoms with E-state index in [0.29, 0.717) is 22.8 Å². The minimum atomic E-state index is -0.846. The molecule has 11 heteroatoms. The van der Waals surface area contributed by atoms with Gasteiger partial charge in [0, 0.05) is 19.0 Å². The summed E-state index contributed by atoms with van der Waals surface area (Å²) in [7, 11) is 9.75. The summed E-state index contributed by atoms with van der Waals surface area (Å²) in [4.78, 5) is 27.6. The van der Waals surface area contributed by atoms with Crippen LogP contribution in [0, 0.1) is 6.92 Å². The van der Waals surface area contributed by atoms with E-state index in [4.69, 9.17) is 23.4 Å². The third kappa shape index (κ3) is 6.60. The fourth-order valence-electron chi connectivity index (χ4n) is 4.50. The van der Waals surface area contributed by atoms with E-state index in [1.54, 1.807) is 13.0 Å². The van der Waals surface area contributed by atoms with Crippen LogP contribution in [0.15, 0.2) is 45.6 Å². The third-order valence-electron chi connectivity index (χ3n) is 6.57. The van der Waals surface area contributed by atoms with Gasteiger partial charge in [0.2, 0.25) is 22.8 Å². The van der Waals surface area contributed by atoms with Gasteiger partial charge in [0.25, 0.3) is 0 Å². The molecule has 0 unspecified atom stereocenters. The molecule has 0 aliphatic carbocycles. The van der Waals surface area contributed by atoms with E-state index in [2.05, 4.69) is 5.32 Å². The second-order valence-electron chi connectivity index (χ2n) is 9.36. The van der Waals surface area contributed by atoms with Crippen molar-refractivity contribution in [1.29, 1.82) is 0 Å². The maximum atomic E-state index is 13.3. The van der Waals surface area contributed by atoms with Gasteiger partial charge in [-0.3, -0.25) is 9.59 Å². The van der Waals surface area contributed by atoms with Crippen molar-refractivity contribution in [2.24, 2.45) is 0 Å². The van der Waals surface area contributed by atoms with Gasteiger partial charge in [0.05, 0.1) is 40.4 Å². The first-order chi connectivity index (χ1) is 19.0. The van der Waals surface area contributed by atoms with Gasteiger partial charge in [-0.15, -0.1) is 0 Å². The molecular formula is C29H36N2O9. The normalized spacial score (nSPS) is 12.5. The summed E-state index contributed by atoms with van der Waals surface area (Å²) in [5.74, 6) is -0.0498. The number of carbonyl (C=O) groups is 1. The molecule has 216 valence electrons. The first kappa shape index (κ1) is 30.2. The Kier molecular flexibility index (Phi) is 9.89. The molecule has 2 aromatic carbocycles. The highest BCUT2D eigenvalue weighted by molar-refractivity contribution is 5.77. The highest BCUT2D eigenvalue weighted by Gasteiger charge is 2.28. The summed E-state index contributed by atoms with van der Waals surface area (Å²) in [5, 5.41) is 23.6. The van der Waals surface area contributed by atoms with Crippen LogP contribution >= 0.6 is 0 Å². The Bertz CT molecular complexity index is 1380. The van der Waals surface area contributed by atoms with Crippen LogP contribution in [-0.2, 0) is 4.79 Å². The first-order valence-electron chi connectivity index (χ1n) is 12.5. The van der Waals surface area contributed by atoms with E-state index < -0.39 is 17.1 Å². The van der Waals surface area contributed by atoms with Gasteiger partial charge in [-0.2, -0.15) is 0 Å². The number of rotatable bonds is 12. The average Bonchev–Trinajstić information content (AvgIpc) is 2.93. The van der Waals surface area contributed by atoms with Crippen molar-refractivity contribution < 1.29 is 38.4 Å². The molecule has 0 aliphatic rings. The minimum Gasteiger partial charge on any atom is -0.504 e. The summed E-state index contributed by atoms with van der Waals surface area (Å²) in [6, 6.07) is 9.08. The molecule has 0 bridgehead atoms. The molecule has 0 fully saturated rings. The molecule has 3 aromatic rings. The SMILES string of the molecule is COc1cc([C@@H](CC(=O)NC[C@@H](c2cc(OC)c(OC)c(OC)c2)N(C)C)c2oc(C)cc(=O)c2O)ccc1O. The second kappa shape index (κ2) is 13.1. The summed E-state index contributed by atoms with van der Waals surface area (Å²) < 4.78 is 27.3. The Hall–Kier alpha value is -4.38. The monoisotopic (exact) mass is 556 g/mol. The number of nitrogens with zero attached hydrogens (tertiary/aromatic N) is 1. The predicted octanol–water partition coefficient (Wildman–Crippen LogP) is 3.33. The van der Waals surface area contributed by atoms with E-state index in [-0.39, 0.29) is 47.9 Å². The van der Waals surface area contributed by atoms with E-state index in [1.807, 2.05) is 31.1 Å². The lowest BCUT2D eigenvalue weighted by molar-refractivity contribution is -0.121. The molecule has 2 atom stereocenters. The fourth-order valence-corrected chi connectivity index (χ4v) is 4.50. The van der Waals surface area contributed by atoms with Gasteiger partial charge in [-0.05, 0) is 56.4 Å². The van der Waals surface area contributed by atoms with E-state index in [1.165, 1.54) is 46.6 Å². The lowest BCUT2D eigenvalue weighted by Gasteiger charge is -2.27. The third-order valence-corrected chi connectivity index (χ3v) is 6.57. The number of hydrogen-bond acceptors (Lipinski definition) is 10. The molecule has 1 heterocycles. The maximum absolute atomic E-state index is 13.3. The molecule has 0 spiro atoms. The standard InChI is InChI=1S/C29H36N2O9/c1-16-10-22(33)27(35)28(40-16)19(17-8-9-21(32)23(11-17)36-4)14-26(34)30-15-20(31(2)3)18-12-24(37-5)29(39-7)25(13-18)38-6/h8-13,19-20,32,35H,14-15H2,1-7H3,(H,30,34)/t19-,20+/m1/s1. The zero-order valence-electron chi connectivity index (χ0n) is 23.7. The molecule has 3 rings (SSSR count). The highest BCUT2D eigenvalue weighted by Crippen LogP contribution is 2.41. The zero-order chi connectivity index (χ0) is 29.6. The van der Waals surface area contributed by atoms with Crippen LogP contribution in [0.2, 0.25) is 0 Å². The van der Waals surface area contributed by atoms with Gasteiger partial charge >= 0.3 is 0 Å². The zero-order valence-corrected chi connectivity index (χ0v) is 23.7. The number of aryl methyl sites for hydroxylation is 1. The van der Waals surface area contributed by atoms with Gasteiger partial charge in [-0.25, -0.2) is 0 Å². The number of methoxy groups -OCH3 is 4. The van der Waals surface area contributed by atoms with E-state index >= 15 is 0 Å². The average molecular weight is 557 g/mol. The number of hydrogen-bond donors (Lipinski definition) is 3. The quantitative estimate of drug-likeness (QED) is 0.304. The van der Waals surface area contributed by atoms with Crippen LogP contribution in [0.5, 0.6) is 34.5 Å². The van der Waals surface area contributed by atoms with Gasteiger partial charge in [-0.1, -0.05) is 6.07 Å². The van der Waals surface area contributed by atoms with E-state index in [9.17, 15) is 19.8 Å². The van der Waals surface area contributed by atoms with Crippen molar-refractivity contribution in [3.05, 3.63) is 69.3 Å². The Morgan fingerprint density at radius 1 is 0.925 bits per heavy atom.